The van der Waals surface area contributed by atoms with Gasteiger partial charge in [-0.25, -0.2) is 14.2 Å². The lowest BCUT2D eigenvalue weighted by Gasteiger charge is -2.13. The standard InChI is InChI=1S/C19H18FN3O4S/c1-9-14-17(25)22-11(3)23-18(14)28-15(9)19(26)27-10(2)16(24)21-8-12-4-6-13(20)7-5-12/h4-7,10H,8H2,1-3H3,(H,21,24)(H,22,23,25)/t10-/m1/s1. The van der Waals surface area contributed by atoms with E-state index < -0.39 is 18.0 Å². The molecule has 2 aromatic heterocycles. The first-order valence-electron chi connectivity index (χ1n) is 8.49. The first-order valence-corrected chi connectivity index (χ1v) is 9.31. The van der Waals surface area contributed by atoms with Crippen molar-refractivity contribution in [3.05, 3.63) is 62.3 Å². The highest BCUT2D eigenvalue weighted by molar-refractivity contribution is 7.20. The fourth-order valence-corrected chi connectivity index (χ4v) is 3.76. The SMILES string of the molecule is Cc1nc2sc(C(=O)O[C@H](C)C(=O)NCc3ccc(F)cc3)c(C)c2c(=O)[nH]1. The fourth-order valence-electron chi connectivity index (χ4n) is 2.65. The minimum absolute atomic E-state index is 0.182. The molecule has 28 heavy (non-hydrogen) atoms. The van der Waals surface area contributed by atoms with Gasteiger partial charge in [-0.05, 0) is 44.0 Å². The summed E-state index contributed by atoms with van der Waals surface area (Å²) in [5, 5.41) is 2.97. The van der Waals surface area contributed by atoms with Crippen molar-refractivity contribution in [3.63, 3.8) is 0 Å². The number of fused-ring (bicyclic) bond motifs is 1. The molecular formula is C19H18FN3O4S. The molecule has 0 spiro atoms. The van der Waals surface area contributed by atoms with Crippen LogP contribution in [-0.2, 0) is 16.1 Å². The minimum Gasteiger partial charge on any atom is -0.448 e. The van der Waals surface area contributed by atoms with E-state index in [2.05, 4.69) is 15.3 Å². The van der Waals surface area contributed by atoms with Gasteiger partial charge in [0.05, 0.1) is 5.39 Å². The van der Waals surface area contributed by atoms with Gasteiger partial charge in [-0.1, -0.05) is 12.1 Å². The number of thiophene rings is 1. The van der Waals surface area contributed by atoms with E-state index in [4.69, 9.17) is 4.74 Å². The van der Waals surface area contributed by atoms with Crippen LogP contribution in [0.1, 0.15) is 33.5 Å². The zero-order valence-corrected chi connectivity index (χ0v) is 16.3. The second-order valence-electron chi connectivity index (χ2n) is 6.28. The second-order valence-corrected chi connectivity index (χ2v) is 7.28. The van der Waals surface area contributed by atoms with E-state index in [0.29, 0.717) is 27.2 Å². The number of aromatic amines is 1. The van der Waals surface area contributed by atoms with E-state index in [0.717, 1.165) is 11.3 Å². The number of hydrogen-bond acceptors (Lipinski definition) is 6. The predicted octanol–water partition coefficient (Wildman–Crippen LogP) is 2.60. The van der Waals surface area contributed by atoms with Crippen molar-refractivity contribution < 1.29 is 18.7 Å². The lowest BCUT2D eigenvalue weighted by Crippen LogP contribution is -2.35. The van der Waals surface area contributed by atoms with Gasteiger partial charge >= 0.3 is 5.97 Å². The Balaban J connectivity index is 1.68. The molecule has 0 unspecified atom stereocenters. The normalized spacial score (nSPS) is 12.0. The number of esters is 1. The van der Waals surface area contributed by atoms with Crippen LogP contribution < -0.4 is 10.9 Å². The molecule has 9 heteroatoms. The van der Waals surface area contributed by atoms with Crippen molar-refractivity contribution in [1.29, 1.82) is 0 Å². The van der Waals surface area contributed by atoms with Gasteiger partial charge in [-0.2, -0.15) is 0 Å². The summed E-state index contributed by atoms with van der Waals surface area (Å²) in [5.74, 6) is -1.09. The molecular weight excluding hydrogens is 385 g/mol. The van der Waals surface area contributed by atoms with Crippen LogP contribution in [0.25, 0.3) is 10.2 Å². The molecule has 7 nitrogen and oxygen atoms in total. The maximum Gasteiger partial charge on any atom is 0.349 e. The maximum absolute atomic E-state index is 12.9. The molecule has 0 aliphatic rings. The van der Waals surface area contributed by atoms with Crippen LogP contribution in [0.15, 0.2) is 29.1 Å². The topological polar surface area (TPSA) is 101 Å². The molecule has 3 aromatic rings. The van der Waals surface area contributed by atoms with Gasteiger partial charge in [-0.15, -0.1) is 11.3 Å². The number of ether oxygens (including phenoxy) is 1. The molecule has 0 saturated heterocycles. The summed E-state index contributed by atoms with van der Waals surface area (Å²) in [4.78, 5) is 44.3. The van der Waals surface area contributed by atoms with Crippen LogP contribution in [-0.4, -0.2) is 27.9 Å². The number of rotatable bonds is 5. The molecule has 0 aliphatic heterocycles. The van der Waals surface area contributed by atoms with Crippen LogP contribution in [0.3, 0.4) is 0 Å². The van der Waals surface area contributed by atoms with E-state index in [1.807, 2.05) is 0 Å². The zero-order chi connectivity index (χ0) is 20.4. The van der Waals surface area contributed by atoms with Gasteiger partial charge in [-0.3, -0.25) is 9.59 Å². The van der Waals surface area contributed by atoms with E-state index >= 15 is 0 Å². The van der Waals surface area contributed by atoms with E-state index in [1.165, 1.54) is 19.1 Å². The third-order valence-electron chi connectivity index (χ3n) is 4.14. The lowest BCUT2D eigenvalue weighted by molar-refractivity contribution is -0.129. The number of aromatic nitrogens is 2. The molecule has 0 bridgehead atoms. The number of aryl methyl sites for hydroxylation is 2. The van der Waals surface area contributed by atoms with Gasteiger partial charge in [0, 0.05) is 6.54 Å². The highest BCUT2D eigenvalue weighted by Crippen LogP contribution is 2.27. The predicted molar refractivity (Wildman–Crippen MR) is 103 cm³/mol. The van der Waals surface area contributed by atoms with Crippen LogP contribution in [0, 0.1) is 19.7 Å². The summed E-state index contributed by atoms with van der Waals surface area (Å²) < 4.78 is 18.2. The third kappa shape index (κ3) is 4.09. The fraction of sp³-hybridized carbons (Fsp3) is 0.263. The van der Waals surface area contributed by atoms with E-state index in [1.54, 1.807) is 26.0 Å². The van der Waals surface area contributed by atoms with Crippen molar-refractivity contribution in [3.8, 4) is 0 Å². The zero-order valence-electron chi connectivity index (χ0n) is 15.5. The average Bonchev–Trinajstić information content (AvgIpc) is 2.97. The molecule has 0 fully saturated rings. The number of H-pyrrole nitrogens is 1. The van der Waals surface area contributed by atoms with Crippen molar-refractivity contribution in [2.45, 2.75) is 33.4 Å². The Labute approximate surface area is 163 Å². The number of carbonyl (C=O) groups excluding carboxylic acids is 2. The van der Waals surface area contributed by atoms with Crippen molar-refractivity contribution in [2.24, 2.45) is 0 Å². The van der Waals surface area contributed by atoms with Gasteiger partial charge in [0.1, 0.15) is 21.3 Å². The quantitative estimate of drug-likeness (QED) is 0.638. The molecule has 3 rings (SSSR count). The summed E-state index contributed by atoms with van der Waals surface area (Å²) in [5.41, 5.74) is 0.868. The summed E-state index contributed by atoms with van der Waals surface area (Å²) in [7, 11) is 0. The number of halogens is 1. The molecule has 1 amide bonds. The Bertz CT molecular complexity index is 1100. The van der Waals surface area contributed by atoms with Crippen LogP contribution in [0.4, 0.5) is 4.39 Å². The van der Waals surface area contributed by atoms with Gasteiger partial charge < -0.3 is 15.0 Å². The molecule has 146 valence electrons. The second kappa shape index (κ2) is 7.89. The Kier molecular flexibility index (Phi) is 5.55. The monoisotopic (exact) mass is 403 g/mol. The molecule has 0 saturated carbocycles. The molecule has 2 heterocycles. The Morgan fingerprint density at radius 1 is 1.29 bits per heavy atom. The largest absolute Gasteiger partial charge is 0.448 e. The number of hydrogen-bond donors (Lipinski definition) is 2. The molecule has 1 aromatic carbocycles. The maximum atomic E-state index is 12.9. The van der Waals surface area contributed by atoms with Gasteiger partial charge in [0.25, 0.3) is 11.5 Å². The molecule has 0 radical (unpaired) electrons. The van der Waals surface area contributed by atoms with Crippen molar-refractivity contribution >= 4 is 33.4 Å². The number of nitrogens with zero attached hydrogens (tertiary/aromatic N) is 1. The number of benzene rings is 1. The highest BCUT2D eigenvalue weighted by Gasteiger charge is 2.24. The van der Waals surface area contributed by atoms with Crippen LogP contribution in [0.5, 0.6) is 0 Å². The summed E-state index contributed by atoms with van der Waals surface area (Å²) in [6, 6.07) is 5.71. The summed E-state index contributed by atoms with van der Waals surface area (Å²) >= 11 is 1.05. The smallest absolute Gasteiger partial charge is 0.349 e. The number of nitrogens with one attached hydrogen (secondary N) is 2. The first-order chi connectivity index (χ1) is 13.3. The molecule has 2 N–H and O–H groups in total. The Morgan fingerprint density at radius 3 is 2.64 bits per heavy atom. The average molecular weight is 403 g/mol. The number of carbonyl (C=O) groups is 2. The highest BCUT2D eigenvalue weighted by atomic mass is 32.1. The van der Waals surface area contributed by atoms with Crippen LogP contribution in [0.2, 0.25) is 0 Å². The molecule has 1 atom stereocenters. The minimum atomic E-state index is -1.04. The third-order valence-corrected chi connectivity index (χ3v) is 5.30. The first kappa shape index (κ1) is 19.7. The van der Waals surface area contributed by atoms with E-state index in [9.17, 15) is 18.8 Å². The van der Waals surface area contributed by atoms with Gasteiger partial charge in [0.15, 0.2) is 6.10 Å². The number of amides is 1. The van der Waals surface area contributed by atoms with Crippen LogP contribution >= 0.6 is 11.3 Å². The summed E-state index contributed by atoms with van der Waals surface area (Å²) in [6.07, 6.45) is -1.04. The Morgan fingerprint density at radius 2 is 1.96 bits per heavy atom. The lowest BCUT2D eigenvalue weighted by atomic mass is 10.2. The summed E-state index contributed by atoms with van der Waals surface area (Å²) in [6.45, 7) is 4.93. The Hall–Kier alpha value is -3.07. The van der Waals surface area contributed by atoms with Crippen molar-refractivity contribution in [2.75, 3.05) is 0 Å². The van der Waals surface area contributed by atoms with Crippen molar-refractivity contribution in [1.82, 2.24) is 15.3 Å². The molecule has 0 aliphatic carbocycles. The van der Waals surface area contributed by atoms with Gasteiger partial charge in [0.2, 0.25) is 0 Å². The van der Waals surface area contributed by atoms with E-state index in [-0.39, 0.29) is 22.8 Å².